The van der Waals surface area contributed by atoms with Crippen molar-refractivity contribution in [2.24, 2.45) is 11.8 Å². The largest absolute Gasteiger partial charge is 0.396 e. The molecule has 0 bridgehead atoms. The smallest absolute Gasteiger partial charge is 0.222 e. The molecule has 1 aromatic heterocycles. The molecule has 1 aromatic rings. The molecule has 7 heteroatoms. The first-order chi connectivity index (χ1) is 13.0. The Morgan fingerprint density at radius 1 is 1.26 bits per heavy atom. The number of aliphatic hydroxyl groups is 1. The van der Waals surface area contributed by atoms with Crippen LogP contribution in [0.2, 0.25) is 0 Å². The maximum atomic E-state index is 12.2. The summed E-state index contributed by atoms with van der Waals surface area (Å²) in [7, 11) is 0. The minimum Gasteiger partial charge on any atom is -0.396 e. The fourth-order valence-corrected chi connectivity index (χ4v) is 3.98. The van der Waals surface area contributed by atoms with Crippen molar-refractivity contribution < 1.29 is 9.90 Å². The Labute approximate surface area is 162 Å². The molecule has 2 N–H and O–H groups in total. The lowest BCUT2D eigenvalue weighted by Gasteiger charge is -2.34. The molecular formula is C20H33N5O2. The Hall–Kier alpha value is -1.89. The maximum Gasteiger partial charge on any atom is 0.222 e. The van der Waals surface area contributed by atoms with Crippen molar-refractivity contribution in [2.45, 2.75) is 52.0 Å². The summed E-state index contributed by atoms with van der Waals surface area (Å²) in [6.07, 6.45) is 6.30. The summed E-state index contributed by atoms with van der Waals surface area (Å²) in [6, 6.07) is 2.35. The molecule has 1 unspecified atom stereocenters. The van der Waals surface area contributed by atoms with Crippen LogP contribution < -0.4 is 10.2 Å². The first kappa shape index (κ1) is 19.9. The molecule has 7 nitrogen and oxygen atoms in total. The highest BCUT2D eigenvalue weighted by atomic mass is 16.3. The first-order valence-corrected chi connectivity index (χ1v) is 10.3. The molecule has 0 radical (unpaired) electrons. The maximum absolute atomic E-state index is 12.2. The fourth-order valence-electron chi connectivity index (χ4n) is 3.98. The molecular weight excluding hydrogens is 342 g/mol. The number of nitrogens with one attached hydrogen (secondary N) is 1. The second-order valence-corrected chi connectivity index (χ2v) is 8.30. The van der Waals surface area contributed by atoms with E-state index in [4.69, 9.17) is 0 Å². The van der Waals surface area contributed by atoms with Crippen molar-refractivity contribution in [3.05, 3.63) is 12.4 Å². The predicted molar refractivity (Wildman–Crippen MR) is 107 cm³/mol. The quantitative estimate of drug-likeness (QED) is 0.793. The van der Waals surface area contributed by atoms with E-state index in [1.165, 1.54) is 0 Å². The van der Waals surface area contributed by atoms with Gasteiger partial charge in [-0.15, -0.1) is 0 Å². The molecule has 2 aliphatic rings. The number of hydrogen-bond acceptors (Lipinski definition) is 6. The lowest BCUT2D eigenvalue weighted by Crippen LogP contribution is -2.42. The van der Waals surface area contributed by atoms with Gasteiger partial charge < -0.3 is 20.2 Å². The number of nitrogens with zero attached hydrogens (tertiary/aromatic N) is 4. The first-order valence-electron chi connectivity index (χ1n) is 10.3. The minimum atomic E-state index is 0.237. The third-order valence-corrected chi connectivity index (χ3v) is 5.54. The van der Waals surface area contributed by atoms with E-state index >= 15 is 0 Å². The van der Waals surface area contributed by atoms with Gasteiger partial charge in [0.2, 0.25) is 5.91 Å². The highest BCUT2D eigenvalue weighted by Crippen LogP contribution is 2.23. The number of hydrogen-bond donors (Lipinski definition) is 2. The average Bonchev–Trinajstić information content (AvgIpc) is 2.68. The third-order valence-electron chi connectivity index (χ3n) is 5.54. The van der Waals surface area contributed by atoms with E-state index in [1.54, 1.807) is 6.33 Å². The van der Waals surface area contributed by atoms with Gasteiger partial charge in [-0.3, -0.25) is 4.79 Å². The predicted octanol–water partition coefficient (Wildman–Crippen LogP) is 2.13. The normalized spacial score (nSPS) is 21.6. The van der Waals surface area contributed by atoms with Crippen LogP contribution in [0.5, 0.6) is 0 Å². The molecule has 1 amide bonds. The van der Waals surface area contributed by atoms with Crippen molar-refractivity contribution in [3.63, 3.8) is 0 Å². The number of rotatable bonds is 6. The molecule has 1 atom stereocenters. The lowest BCUT2D eigenvalue weighted by atomic mass is 9.99. The molecule has 27 heavy (non-hydrogen) atoms. The van der Waals surface area contributed by atoms with E-state index in [2.05, 4.69) is 34.0 Å². The SMILES string of the molecule is CC(C)CC(=O)N1CCC(Nc2cc(N3CCCC(CO)C3)ncn2)CC1. The highest BCUT2D eigenvalue weighted by molar-refractivity contribution is 5.76. The zero-order valence-electron chi connectivity index (χ0n) is 16.6. The highest BCUT2D eigenvalue weighted by Gasteiger charge is 2.24. The van der Waals surface area contributed by atoms with Gasteiger partial charge in [0, 0.05) is 51.3 Å². The van der Waals surface area contributed by atoms with E-state index in [0.717, 1.165) is 63.5 Å². The monoisotopic (exact) mass is 375 g/mol. The summed E-state index contributed by atoms with van der Waals surface area (Å²) in [4.78, 5) is 25.2. The van der Waals surface area contributed by atoms with Gasteiger partial charge in [-0.1, -0.05) is 13.8 Å². The van der Waals surface area contributed by atoms with Gasteiger partial charge in [-0.2, -0.15) is 0 Å². The Morgan fingerprint density at radius 3 is 2.74 bits per heavy atom. The number of aromatic nitrogens is 2. The fraction of sp³-hybridized carbons (Fsp3) is 0.750. The van der Waals surface area contributed by atoms with Crippen LogP contribution in [0.3, 0.4) is 0 Å². The molecule has 0 saturated carbocycles. The Balaban J connectivity index is 1.52. The molecule has 2 aliphatic heterocycles. The van der Waals surface area contributed by atoms with E-state index in [-0.39, 0.29) is 12.5 Å². The molecule has 0 aromatic carbocycles. The average molecular weight is 376 g/mol. The topological polar surface area (TPSA) is 81.6 Å². The van der Waals surface area contributed by atoms with Crippen molar-refractivity contribution in [1.82, 2.24) is 14.9 Å². The van der Waals surface area contributed by atoms with E-state index in [0.29, 0.717) is 24.3 Å². The summed E-state index contributed by atoms with van der Waals surface area (Å²) >= 11 is 0. The van der Waals surface area contributed by atoms with Gasteiger partial charge in [-0.25, -0.2) is 9.97 Å². The van der Waals surface area contributed by atoms with Crippen molar-refractivity contribution >= 4 is 17.5 Å². The summed E-state index contributed by atoms with van der Waals surface area (Å²) in [5, 5.41) is 13.0. The van der Waals surface area contributed by atoms with E-state index in [9.17, 15) is 9.90 Å². The van der Waals surface area contributed by atoms with E-state index < -0.39 is 0 Å². The number of amides is 1. The van der Waals surface area contributed by atoms with Crippen LogP contribution in [-0.2, 0) is 4.79 Å². The van der Waals surface area contributed by atoms with Gasteiger partial charge in [-0.05, 0) is 37.5 Å². The lowest BCUT2D eigenvalue weighted by molar-refractivity contribution is -0.132. The van der Waals surface area contributed by atoms with Crippen LogP contribution in [-0.4, -0.2) is 64.7 Å². The van der Waals surface area contributed by atoms with Crippen LogP contribution in [0.15, 0.2) is 12.4 Å². The molecule has 3 heterocycles. The number of piperidine rings is 2. The molecule has 0 aliphatic carbocycles. The van der Waals surface area contributed by atoms with Crippen LogP contribution >= 0.6 is 0 Å². The zero-order valence-corrected chi connectivity index (χ0v) is 16.6. The van der Waals surface area contributed by atoms with Crippen LogP contribution in [0.25, 0.3) is 0 Å². The van der Waals surface area contributed by atoms with Crippen LogP contribution in [0, 0.1) is 11.8 Å². The molecule has 2 saturated heterocycles. The summed E-state index contributed by atoms with van der Waals surface area (Å²) in [6.45, 7) is 7.86. The van der Waals surface area contributed by atoms with Crippen LogP contribution in [0.1, 0.15) is 46.0 Å². The van der Waals surface area contributed by atoms with Gasteiger partial charge in [0.15, 0.2) is 0 Å². The Bertz CT molecular complexity index is 616. The Kier molecular flexibility index (Phi) is 6.88. The van der Waals surface area contributed by atoms with E-state index in [1.807, 2.05) is 11.0 Å². The third kappa shape index (κ3) is 5.54. The molecule has 0 spiro atoms. The summed E-state index contributed by atoms with van der Waals surface area (Å²) in [5.41, 5.74) is 0. The summed E-state index contributed by atoms with van der Waals surface area (Å²) < 4.78 is 0. The Morgan fingerprint density at radius 2 is 2.04 bits per heavy atom. The number of carbonyl (C=O) groups excluding carboxylic acids is 1. The van der Waals surface area contributed by atoms with Gasteiger partial charge >= 0.3 is 0 Å². The van der Waals surface area contributed by atoms with Crippen molar-refractivity contribution in [1.29, 1.82) is 0 Å². The van der Waals surface area contributed by atoms with Gasteiger partial charge in [0.25, 0.3) is 0 Å². The van der Waals surface area contributed by atoms with Gasteiger partial charge in [0.05, 0.1) is 0 Å². The van der Waals surface area contributed by atoms with Crippen LogP contribution in [0.4, 0.5) is 11.6 Å². The zero-order chi connectivity index (χ0) is 19.2. The van der Waals surface area contributed by atoms with Crippen molar-refractivity contribution in [3.8, 4) is 0 Å². The number of likely N-dealkylation sites (tertiary alicyclic amines) is 1. The molecule has 150 valence electrons. The minimum absolute atomic E-state index is 0.237. The molecule has 2 fully saturated rings. The van der Waals surface area contributed by atoms with Crippen molar-refractivity contribution in [2.75, 3.05) is 43.0 Å². The standard InChI is InChI=1S/C20H33N5O2/c1-15(2)10-20(27)24-8-5-17(6-9-24)23-18-11-19(22-14-21-18)25-7-3-4-16(12-25)13-26/h11,14-17,26H,3-10,12-13H2,1-2H3,(H,21,22,23). The number of aliphatic hydroxyl groups excluding tert-OH is 1. The number of anilines is 2. The van der Waals surface area contributed by atoms with Gasteiger partial charge in [0.1, 0.15) is 18.0 Å². The summed E-state index contributed by atoms with van der Waals surface area (Å²) in [5.74, 6) is 2.79. The molecule has 3 rings (SSSR count). The second kappa shape index (κ2) is 9.35. The number of carbonyl (C=O) groups is 1. The second-order valence-electron chi connectivity index (χ2n) is 8.30.